The number of ether oxygens (including phenoxy) is 1. The monoisotopic (exact) mass is 553 g/mol. The van der Waals surface area contributed by atoms with Crippen molar-refractivity contribution >= 4 is 47.2 Å². The standard InChI is InChI=1S/C23H28FN5O2.HI/c1-25-23(27-18-14-22(30)29(16-18)19-5-3-2-4-6-19)26-15-17-7-8-21(20(24)13-17)28-9-11-31-12-10-28;/h2-8,13,18H,9-12,14-16H2,1H3,(H2,25,26,27);1H. The number of hydrogen-bond donors (Lipinski definition) is 2. The number of hydrogen-bond acceptors (Lipinski definition) is 4. The fourth-order valence-electron chi connectivity index (χ4n) is 3.96. The van der Waals surface area contributed by atoms with E-state index in [9.17, 15) is 9.18 Å². The van der Waals surface area contributed by atoms with Crippen molar-refractivity contribution < 1.29 is 13.9 Å². The van der Waals surface area contributed by atoms with Crippen molar-refractivity contribution in [3.63, 3.8) is 0 Å². The van der Waals surface area contributed by atoms with Crippen LogP contribution in [0.3, 0.4) is 0 Å². The van der Waals surface area contributed by atoms with Gasteiger partial charge in [-0.05, 0) is 29.8 Å². The number of benzene rings is 2. The van der Waals surface area contributed by atoms with E-state index in [-0.39, 0.29) is 41.7 Å². The van der Waals surface area contributed by atoms with Gasteiger partial charge in [0.15, 0.2) is 5.96 Å². The molecule has 0 bridgehead atoms. The molecule has 2 aliphatic heterocycles. The summed E-state index contributed by atoms with van der Waals surface area (Å²) in [6.07, 6.45) is 0.401. The van der Waals surface area contributed by atoms with Crippen molar-refractivity contribution in [2.75, 3.05) is 49.7 Å². The molecule has 9 heteroatoms. The predicted molar refractivity (Wildman–Crippen MR) is 135 cm³/mol. The van der Waals surface area contributed by atoms with E-state index in [0.29, 0.717) is 57.5 Å². The van der Waals surface area contributed by atoms with Crippen molar-refractivity contribution in [2.45, 2.75) is 19.0 Å². The van der Waals surface area contributed by atoms with E-state index in [1.165, 1.54) is 0 Å². The Morgan fingerprint density at radius 1 is 1.19 bits per heavy atom. The van der Waals surface area contributed by atoms with E-state index < -0.39 is 0 Å². The SMILES string of the molecule is CN=C(NCc1ccc(N2CCOCC2)c(F)c1)NC1CC(=O)N(c2ccccc2)C1.I. The first-order valence-corrected chi connectivity index (χ1v) is 10.6. The van der Waals surface area contributed by atoms with Crippen LogP contribution in [-0.4, -0.2) is 57.8 Å². The maximum atomic E-state index is 14.6. The molecule has 0 aliphatic carbocycles. The minimum Gasteiger partial charge on any atom is -0.378 e. The first-order chi connectivity index (χ1) is 15.1. The third-order valence-electron chi connectivity index (χ3n) is 5.58. The number of carbonyl (C=O) groups excluding carboxylic acids is 1. The highest BCUT2D eigenvalue weighted by Crippen LogP contribution is 2.22. The molecule has 2 saturated heterocycles. The van der Waals surface area contributed by atoms with Crippen LogP contribution in [0.25, 0.3) is 0 Å². The van der Waals surface area contributed by atoms with E-state index in [0.717, 1.165) is 11.3 Å². The number of halogens is 2. The number of nitrogens with one attached hydrogen (secondary N) is 2. The number of guanidine groups is 1. The molecule has 2 N–H and O–H groups in total. The second-order valence-corrected chi connectivity index (χ2v) is 7.70. The molecule has 1 atom stereocenters. The molecule has 7 nitrogen and oxygen atoms in total. The van der Waals surface area contributed by atoms with Gasteiger partial charge in [0.25, 0.3) is 0 Å². The molecule has 2 heterocycles. The average Bonchev–Trinajstić information content (AvgIpc) is 3.17. The number of anilines is 2. The topological polar surface area (TPSA) is 69.2 Å². The third-order valence-corrected chi connectivity index (χ3v) is 5.58. The summed E-state index contributed by atoms with van der Waals surface area (Å²) < 4.78 is 20.0. The molecule has 2 fully saturated rings. The fraction of sp³-hybridized carbons (Fsp3) is 0.391. The quantitative estimate of drug-likeness (QED) is 0.339. The highest BCUT2D eigenvalue weighted by molar-refractivity contribution is 14.0. The summed E-state index contributed by atoms with van der Waals surface area (Å²) in [4.78, 5) is 20.4. The van der Waals surface area contributed by atoms with Crippen LogP contribution in [0.1, 0.15) is 12.0 Å². The number of aliphatic imine (C=N–C) groups is 1. The van der Waals surface area contributed by atoms with Crippen molar-refractivity contribution in [3.8, 4) is 0 Å². The summed E-state index contributed by atoms with van der Waals surface area (Å²) in [5.41, 5.74) is 2.33. The largest absolute Gasteiger partial charge is 0.378 e. The molecule has 0 saturated carbocycles. The predicted octanol–water partition coefficient (Wildman–Crippen LogP) is 2.75. The van der Waals surface area contributed by atoms with Gasteiger partial charge in [0.2, 0.25) is 5.91 Å². The first-order valence-electron chi connectivity index (χ1n) is 10.6. The molecule has 1 unspecified atom stereocenters. The number of carbonyl (C=O) groups is 1. The normalized spacial score (nSPS) is 19.0. The van der Waals surface area contributed by atoms with Crippen molar-refractivity contribution in [1.82, 2.24) is 10.6 Å². The van der Waals surface area contributed by atoms with Gasteiger partial charge in [-0.1, -0.05) is 24.3 Å². The second kappa shape index (κ2) is 11.5. The summed E-state index contributed by atoms with van der Waals surface area (Å²) in [6.45, 7) is 3.65. The molecule has 2 aliphatic rings. The van der Waals surface area contributed by atoms with Crippen LogP contribution >= 0.6 is 24.0 Å². The molecule has 0 spiro atoms. The summed E-state index contributed by atoms with van der Waals surface area (Å²) in [7, 11) is 1.68. The number of rotatable bonds is 5. The summed E-state index contributed by atoms with van der Waals surface area (Å²) >= 11 is 0. The highest BCUT2D eigenvalue weighted by Gasteiger charge is 2.31. The number of nitrogens with zero attached hydrogens (tertiary/aromatic N) is 3. The first kappa shape index (κ1) is 24.2. The van der Waals surface area contributed by atoms with Gasteiger partial charge < -0.3 is 25.2 Å². The second-order valence-electron chi connectivity index (χ2n) is 7.70. The van der Waals surface area contributed by atoms with Gasteiger partial charge in [-0.15, -0.1) is 24.0 Å². The summed E-state index contributed by atoms with van der Waals surface area (Å²) in [6, 6.07) is 14.9. The zero-order valence-corrected chi connectivity index (χ0v) is 20.4. The number of amides is 1. The Kier molecular flexibility index (Phi) is 8.68. The van der Waals surface area contributed by atoms with Crippen LogP contribution in [0.15, 0.2) is 53.5 Å². The Balaban J connectivity index is 0.00000289. The Bertz CT molecular complexity index is 937. The van der Waals surface area contributed by atoms with Crippen molar-refractivity contribution in [3.05, 3.63) is 59.9 Å². The smallest absolute Gasteiger partial charge is 0.229 e. The molecule has 2 aromatic rings. The Hall–Kier alpha value is -2.40. The van der Waals surface area contributed by atoms with Gasteiger partial charge in [0.1, 0.15) is 5.82 Å². The lowest BCUT2D eigenvalue weighted by Crippen LogP contribution is -2.44. The maximum absolute atomic E-state index is 14.6. The maximum Gasteiger partial charge on any atom is 0.229 e. The molecule has 2 aromatic carbocycles. The van der Waals surface area contributed by atoms with Crippen LogP contribution in [0.4, 0.5) is 15.8 Å². The lowest BCUT2D eigenvalue weighted by Gasteiger charge is -2.29. The van der Waals surface area contributed by atoms with Gasteiger partial charge >= 0.3 is 0 Å². The molecular formula is C23H29FIN5O2. The molecule has 172 valence electrons. The van der Waals surface area contributed by atoms with Gasteiger partial charge in [-0.25, -0.2) is 4.39 Å². The van der Waals surface area contributed by atoms with Crippen molar-refractivity contribution in [2.24, 2.45) is 4.99 Å². The van der Waals surface area contributed by atoms with Gasteiger partial charge in [-0.3, -0.25) is 9.79 Å². The van der Waals surface area contributed by atoms with E-state index >= 15 is 0 Å². The molecule has 1 amide bonds. The van der Waals surface area contributed by atoms with Gasteiger partial charge in [0.05, 0.1) is 24.9 Å². The average molecular weight is 553 g/mol. The lowest BCUT2D eigenvalue weighted by atomic mass is 10.1. The number of para-hydroxylation sites is 1. The van der Waals surface area contributed by atoms with Crippen molar-refractivity contribution in [1.29, 1.82) is 0 Å². The summed E-state index contributed by atoms with van der Waals surface area (Å²) in [5.74, 6) is 0.439. The minimum absolute atomic E-state index is 0. The van der Waals surface area contributed by atoms with Crippen LogP contribution in [-0.2, 0) is 16.1 Å². The van der Waals surface area contributed by atoms with Gasteiger partial charge in [0, 0.05) is 45.3 Å². The van der Waals surface area contributed by atoms with Crippen LogP contribution in [0.5, 0.6) is 0 Å². The summed E-state index contributed by atoms with van der Waals surface area (Å²) in [5, 5.41) is 6.52. The van der Waals surface area contributed by atoms with Crippen LogP contribution in [0, 0.1) is 5.82 Å². The van der Waals surface area contributed by atoms with E-state index in [4.69, 9.17) is 4.74 Å². The zero-order valence-electron chi connectivity index (χ0n) is 18.1. The molecule has 0 radical (unpaired) electrons. The lowest BCUT2D eigenvalue weighted by molar-refractivity contribution is -0.117. The molecule has 4 rings (SSSR count). The Labute approximate surface area is 205 Å². The van der Waals surface area contributed by atoms with E-state index in [1.54, 1.807) is 18.0 Å². The Morgan fingerprint density at radius 3 is 2.62 bits per heavy atom. The highest BCUT2D eigenvalue weighted by atomic mass is 127. The fourth-order valence-corrected chi connectivity index (χ4v) is 3.96. The number of morpholine rings is 1. The van der Waals surface area contributed by atoms with Crippen LogP contribution < -0.4 is 20.4 Å². The zero-order chi connectivity index (χ0) is 21.6. The third kappa shape index (κ3) is 5.89. The van der Waals surface area contributed by atoms with Crippen LogP contribution in [0.2, 0.25) is 0 Å². The van der Waals surface area contributed by atoms with E-state index in [1.807, 2.05) is 47.4 Å². The van der Waals surface area contributed by atoms with Gasteiger partial charge in [-0.2, -0.15) is 0 Å². The molecule has 32 heavy (non-hydrogen) atoms. The minimum atomic E-state index is -0.232. The molecular weight excluding hydrogens is 524 g/mol. The Morgan fingerprint density at radius 2 is 1.94 bits per heavy atom. The molecule has 0 aromatic heterocycles. The van der Waals surface area contributed by atoms with E-state index in [2.05, 4.69) is 15.6 Å².